The van der Waals surface area contributed by atoms with Gasteiger partial charge in [0.1, 0.15) is 11.5 Å². The van der Waals surface area contributed by atoms with Crippen LogP contribution in [0.15, 0.2) is 18.2 Å². The predicted molar refractivity (Wildman–Crippen MR) is 79.9 cm³/mol. The first-order valence-corrected chi connectivity index (χ1v) is 7.23. The highest BCUT2D eigenvalue weighted by Gasteiger charge is 2.29. The second-order valence-corrected chi connectivity index (χ2v) is 5.53. The summed E-state index contributed by atoms with van der Waals surface area (Å²) < 4.78 is 10.7. The number of carboxylic acid groups (broad SMARTS) is 1. The fraction of sp³-hybridized carbons (Fsp3) is 0.562. The van der Waals surface area contributed by atoms with Gasteiger partial charge < -0.3 is 14.6 Å². The normalized spacial score (nSPS) is 20.2. The molecule has 1 heterocycles. The van der Waals surface area contributed by atoms with Crippen molar-refractivity contribution in [3.63, 3.8) is 0 Å². The molecular formula is C16H23NO4. The summed E-state index contributed by atoms with van der Waals surface area (Å²) >= 11 is 0. The van der Waals surface area contributed by atoms with Gasteiger partial charge in [0.05, 0.1) is 14.2 Å². The van der Waals surface area contributed by atoms with Gasteiger partial charge in [-0.25, -0.2) is 0 Å². The Morgan fingerprint density at radius 1 is 1.43 bits per heavy atom. The fourth-order valence-corrected chi connectivity index (χ4v) is 2.99. The lowest BCUT2D eigenvalue weighted by Crippen LogP contribution is -2.25. The van der Waals surface area contributed by atoms with E-state index in [1.807, 2.05) is 18.2 Å². The Labute approximate surface area is 125 Å². The van der Waals surface area contributed by atoms with Crippen LogP contribution in [0.2, 0.25) is 0 Å². The average molecular weight is 293 g/mol. The van der Waals surface area contributed by atoms with Gasteiger partial charge in [-0.1, -0.05) is 0 Å². The highest BCUT2D eigenvalue weighted by Crippen LogP contribution is 2.35. The summed E-state index contributed by atoms with van der Waals surface area (Å²) in [6, 6.07) is 5.96. The topological polar surface area (TPSA) is 59.0 Å². The third-order valence-electron chi connectivity index (χ3n) is 4.22. The molecule has 5 nitrogen and oxygen atoms in total. The van der Waals surface area contributed by atoms with E-state index in [1.165, 1.54) is 0 Å². The van der Waals surface area contributed by atoms with Crippen LogP contribution in [-0.4, -0.2) is 43.3 Å². The molecular weight excluding hydrogens is 270 g/mol. The zero-order valence-corrected chi connectivity index (χ0v) is 12.8. The highest BCUT2D eigenvalue weighted by molar-refractivity contribution is 5.67. The van der Waals surface area contributed by atoms with Crippen LogP contribution in [0.25, 0.3) is 0 Å². The van der Waals surface area contributed by atoms with Crippen LogP contribution >= 0.6 is 0 Å². The van der Waals surface area contributed by atoms with Crippen LogP contribution < -0.4 is 9.47 Å². The second-order valence-electron chi connectivity index (χ2n) is 5.53. The van der Waals surface area contributed by atoms with E-state index in [0.717, 1.165) is 36.6 Å². The molecule has 0 aliphatic carbocycles. The van der Waals surface area contributed by atoms with Gasteiger partial charge >= 0.3 is 5.97 Å². The number of hydrogen-bond acceptors (Lipinski definition) is 4. The maximum Gasteiger partial charge on any atom is 0.303 e. The Morgan fingerprint density at radius 3 is 2.81 bits per heavy atom. The molecule has 0 aromatic heterocycles. The van der Waals surface area contributed by atoms with Crippen molar-refractivity contribution in [2.75, 3.05) is 27.3 Å². The van der Waals surface area contributed by atoms with Crippen LogP contribution in [0.3, 0.4) is 0 Å². The molecule has 0 radical (unpaired) electrons. The molecule has 1 aliphatic heterocycles. The molecule has 116 valence electrons. The summed E-state index contributed by atoms with van der Waals surface area (Å²) in [6.45, 7) is 3.85. The third-order valence-corrected chi connectivity index (χ3v) is 4.22. The van der Waals surface area contributed by atoms with Crippen molar-refractivity contribution in [3.8, 4) is 11.5 Å². The molecule has 1 N–H and O–H groups in total. The summed E-state index contributed by atoms with van der Waals surface area (Å²) in [7, 11) is 3.31. The number of aliphatic carboxylic acids is 1. The molecule has 0 amide bonds. The summed E-state index contributed by atoms with van der Waals surface area (Å²) in [5.41, 5.74) is 1.08. The van der Waals surface area contributed by atoms with E-state index in [0.29, 0.717) is 0 Å². The van der Waals surface area contributed by atoms with E-state index in [-0.39, 0.29) is 18.4 Å². The van der Waals surface area contributed by atoms with Crippen molar-refractivity contribution in [2.45, 2.75) is 25.8 Å². The number of benzene rings is 1. The zero-order chi connectivity index (χ0) is 15.4. The second kappa shape index (κ2) is 6.80. The summed E-state index contributed by atoms with van der Waals surface area (Å²) in [5, 5.41) is 8.91. The van der Waals surface area contributed by atoms with Crippen LogP contribution in [0.5, 0.6) is 11.5 Å². The summed E-state index contributed by atoms with van der Waals surface area (Å²) in [6.07, 6.45) is 1.18. The van der Waals surface area contributed by atoms with E-state index in [1.54, 1.807) is 14.2 Å². The van der Waals surface area contributed by atoms with Gasteiger partial charge in [-0.2, -0.15) is 0 Å². The molecule has 2 atom stereocenters. The van der Waals surface area contributed by atoms with Gasteiger partial charge in [-0.3, -0.25) is 9.69 Å². The fourth-order valence-electron chi connectivity index (χ4n) is 2.99. The molecule has 1 aromatic rings. The Balaban J connectivity index is 2.13. The number of carboxylic acids is 1. The van der Waals surface area contributed by atoms with Crippen LogP contribution in [-0.2, 0) is 4.79 Å². The molecule has 0 saturated carbocycles. The lowest BCUT2D eigenvalue weighted by molar-refractivity contribution is -0.138. The Morgan fingerprint density at radius 2 is 2.19 bits per heavy atom. The van der Waals surface area contributed by atoms with Gasteiger partial charge in [-0.05, 0) is 44.0 Å². The number of nitrogens with zero attached hydrogens (tertiary/aromatic N) is 1. The maximum absolute atomic E-state index is 10.8. The van der Waals surface area contributed by atoms with Crippen molar-refractivity contribution >= 4 is 5.97 Å². The first kappa shape index (κ1) is 15.6. The quantitative estimate of drug-likeness (QED) is 0.873. The molecule has 21 heavy (non-hydrogen) atoms. The van der Waals surface area contributed by atoms with E-state index in [4.69, 9.17) is 14.6 Å². The zero-order valence-electron chi connectivity index (χ0n) is 12.8. The van der Waals surface area contributed by atoms with Crippen molar-refractivity contribution in [1.29, 1.82) is 0 Å². The van der Waals surface area contributed by atoms with E-state index < -0.39 is 5.97 Å². The van der Waals surface area contributed by atoms with E-state index in [2.05, 4.69) is 11.8 Å². The standard InChI is InChI=1S/C16H23NO4/c1-11(17-7-6-12(10-17)8-16(18)19)14-9-13(20-2)4-5-15(14)21-3/h4-5,9,11-12H,6-8,10H2,1-3H3,(H,18,19). The molecule has 1 aromatic carbocycles. The lowest BCUT2D eigenvalue weighted by Gasteiger charge is -2.26. The number of carbonyl (C=O) groups is 1. The van der Waals surface area contributed by atoms with Crippen LogP contribution in [0.1, 0.15) is 31.4 Å². The molecule has 1 saturated heterocycles. The monoisotopic (exact) mass is 293 g/mol. The molecule has 2 unspecified atom stereocenters. The minimum atomic E-state index is -0.714. The maximum atomic E-state index is 10.8. The van der Waals surface area contributed by atoms with Crippen molar-refractivity contribution in [1.82, 2.24) is 4.90 Å². The van der Waals surface area contributed by atoms with Gasteiger partial charge in [0.2, 0.25) is 0 Å². The van der Waals surface area contributed by atoms with Crippen molar-refractivity contribution in [3.05, 3.63) is 23.8 Å². The number of ether oxygens (including phenoxy) is 2. The van der Waals surface area contributed by atoms with E-state index in [9.17, 15) is 4.79 Å². The van der Waals surface area contributed by atoms with Crippen LogP contribution in [0, 0.1) is 5.92 Å². The Kier molecular flexibility index (Phi) is 5.07. The molecule has 2 rings (SSSR count). The predicted octanol–water partition coefficient (Wildman–Crippen LogP) is 2.56. The highest BCUT2D eigenvalue weighted by atomic mass is 16.5. The number of likely N-dealkylation sites (tertiary alicyclic amines) is 1. The van der Waals surface area contributed by atoms with Gasteiger partial charge in [-0.15, -0.1) is 0 Å². The Bertz CT molecular complexity index is 503. The molecule has 0 spiro atoms. The van der Waals surface area contributed by atoms with Gasteiger partial charge in [0, 0.05) is 24.6 Å². The average Bonchev–Trinajstić information content (AvgIpc) is 2.93. The largest absolute Gasteiger partial charge is 0.497 e. The number of hydrogen-bond donors (Lipinski definition) is 1. The molecule has 1 aliphatic rings. The minimum Gasteiger partial charge on any atom is -0.497 e. The van der Waals surface area contributed by atoms with Gasteiger partial charge in [0.15, 0.2) is 0 Å². The first-order valence-electron chi connectivity index (χ1n) is 7.23. The van der Waals surface area contributed by atoms with E-state index >= 15 is 0 Å². The summed E-state index contributed by atoms with van der Waals surface area (Å²) in [4.78, 5) is 13.1. The smallest absolute Gasteiger partial charge is 0.303 e. The summed E-state index contributed by atoms with van der Waals surface area (Å²) in [5.74, 6) is 1.17. The van der Waals surface area contributed by atoms with Gasteiger partial charge in [0.25, 0.3) is 0 Å². The minimum absolute atomic E-state index is 0.175. The number of methoxy groups -OCH3 is 2. The third kappa shape index (κ3) is 3.67. The lowest BCUT2D eigenvalue weighted by atomic mass is 10.0. The van der Waals surface area contributed by atoms with Crippen molar-refractivity contribution < 1.29 is 19.4 Å². The SMILES string of the molecule is COc1ccc(OC)c(C(C)N2CCC(CC(=O)O)C2)c1. The molecule has 1 fully saturated rings. The van der Waals surface area contributed by atoms with Crippen molar-refractivity contribution in [2.24, 2.45) is 5.92 Å². The number of rotatable bonds is 6. The van der Waals surface area contributed by atoms with Crippen LogP contribution in [0.4, 0.5) is 0 Å². The molecule has 5 heteroatoms. The Hall–Kier alpha value is -1.75. The first-order chi connectivity index (χ1) is 10.0. The molecule has 0 bridgehead atoms.